The van der Waals surface area contributed by atoms with Gasteiger partial charge in [0.2, 0.25) is 0 Å². The van der Waals surface area contributed by atoms with Crippen LogP contribution in [0.2, 0.25) is 0 Å². The topological polar surface area (TPSA) is 53.1 Å². The van der Waals surface area contributed by atoms with E-state index in [1.165, 1.54) is 12.1 Å². The van der Waals surface area contributed by atoms with Crippen LogP contribution in [0.15, 0.2) is 36.4 Å². The van der Waals surface area contributed by atoms with E-state index < -0.39 is 5.97 Å². The zero-order chi connectivity index (χ0) is 15.9. The standard InChI is InChI=1S/C18H16FNO2/c1-10-7-11(2)17-14(8-10)15(9-16(21)22)18(20-17)12-3-5-13(19)6-4-12/h3-8,20H,9H2,1-2H3,(H,21,22). The molecule has 0 unspecified atom stereocenters. The maximum atomic E-state index is 13.1. The maximum Gasteiger partial charge on any atom is 0.307 e. The van der Waals surface area contributed by atoms with Crippen LogP contribution in [0.25, 0.3) is 22.2 Å². The molecule has 0 atom stereocenters. The van der Waals surface area contributed by atoms with Gasteiger partial charge in [0.25, 0.3) is 0 Å². The lowest BCUT2D eigenvalue weighted by Gasteiger charge is -2.03. The Morgan fingerprint density at radius 2 is 1.86 bits per heavy atom. The molecule has 1 aromatic heterocycles. The lowest BCUT2D eigenvalue weighted by Crippen LogP contribution is -2.01. The minimum Gasteiger partial charge on any atom is -0.481 e. The van der Waals surface area contributed by atoms with E-state index in [4.69, 9.17) is 0 Å². The first-order valence-corrected chi connectivity index (χ1v) is 7.05. The van der Waals surface area contributed by atoms with Gasteiger partial charge in [-0.25, -0.2) is 4.39 Å². The van der Waals surface area contributed by atoms with Crippen molar-refractivity contribution in [1.82, 2.24) is 4.98 Å². The normalized spacial score (nSPS) is 11.0. The van der Waals surface area contributed by atoms with Crippen LogP contribution in [0.4, 0.5) is 4.39 Å². The third-order valence-electron chi connectivity index (χ3n) is 3.82. The lowest BCUT2D eigenvalue weighted by atomic mass is 10.0. The number of H-pyrrole nitrogens is 1. The summed E-state index contributed by atoms with van der Waals surface area (Å²) in [5, 5.41) is 10.1. The Hall–Kier alpha value is -2.62. The highest BCUT2D eigenvalue weighted by Gasteiger charge is 2.17. The first-order chi connectivity index (χ1) is 10.5. The summed E-state index contributed by atoms with van der Waals surface area (Å²) in [4.78, 5) is 14.6. The van der Waals surface area contributed by atoms with Crippen molar-refractivity contribution >= 4 is 16.9 Å². The van der Waals surface area contributed by atoms with Gasteiger partial charge in [-0.15, -0.1) is 0 Å². The van der Waals surface area contributed by atoms with Gasteiger partial charge in [0.15, 0.2) is 0 Å². The van der Waals surface area contributed by atoms with E-state index in [0.717, 1.165) is 38.9 Å². The van der Waals surface area contributed by atoms with E-state index in [1.54, 1.807) is 12.1 Å². The quantitative estimate of drug-likeness (QED) is 0.760. The summed E-state index contributed by atoms with van der Waals surface area (Å²) in [5.74, 6) is -1.20. The van der Waals surface area contributed by atoms with E-state index in [2.05, 4.69) is 11.1 Å². The number of aliphatic carboxylic acids is 1. The van der Waals surface area contributed by atoms with Crippen molar-refractivity contribution in [3.05, 3.63) is 58.9 Å². The number of fused-ring (bicyclic) bond motifs is 1. The number of rotatable bonds is 3. The molecule has 2 aromatic carbocycles. The Morgan fingerprint density at radius 1 is 1.18 bits per heavy atom. The second-order valence-corrected chi connectivity index (χ2v) is 5.56. The van der Waals surface area contributed by atoms with Crippen LogP contribution in [-0.2, 0) is 11.2 Å². The average Bonchev–Trinajstić information content (AvgIpc) is 2.78. The SMILES string of the molecule is Cc1cc(C)c2[nH]c(-c3ccc(F)cc3)c(CC(=O)O)c2c1. The summed E-state index contributed by atoms with van der Waals surface area (Å²) in [5.41, 5.74) is 5.34. The zero-order valence-electron chi connectivity index (χ0n) is 12.4. The van der Waals surface area contributed by atoms with Gasteiger partial charge in [0.1, 0.15) is 5.82 Å². The van der Waals surface area contributed by atoms with Crippen LogP contribution in [-0.4, -0.2) is 16.1 Å². The van der Waals surface area contributed by atoms with Gasteiger partial charge in [-0.2, -0.15) is 0 Å². The molecule has 0 fully saturated rings. The molecule has 3 rings (SSSR count). The average molecular weight is 297 g/mol. The molecule has 2 N–H and O–H groups in total. The highest BCUT2D eigenvalue weighted by molar-refractivity contribution is 5.95. The van der Waals surface area contributed by atoms with E-state index in [0.29, 0.717) is 0 Å². The summed E-state index contributed by atoms with van der Waals surface area (Å²) in [6.45, 7) is 3.98. The van der Waals surface area contributed by atoms with Crippen LogP contribution in [0.3, 0.4) is 0 Å². The van der Waals surface area contributed by atoms with Crippen LogP contribution in [0.1, 0.15) is 16.7 Å². The number of carbonyl (C=O) groups is 1. The molecule has 0 amide bonds. The van der Waals surface area contributed by atoms with Gasteiger partial charge in [-0.3, -0.25) is 4.79 Å². The minimum atomic E-state index is -0.886. The number of halogens is 1. The molecule has 0 aliphatic heterocycles. The molecule has 4 heteroatoms. The molecule has 0 spiro atoms. The van der Waals surface area contributed by atoms with Crippen LogP contribution >= 0.6 is 0 Å². The molecule has 0 bridgehead atoms. The maximum absolute atomic E-state index is 13.1. The number of hydrogen-bond donors (Lipinski definition) is 2. The predicted molar refractivity (Wildman–Crippen MR) is 84.5 cm³/mol. The summed E-state index contributed by atoms with van der Waals surface area (Å²) in [7, 11) is 0. The Morgan fingerprint density at radius 3 is 2.50 bits per heavy atom. The molecule has 22 heavy (non-hydrogen) atoms. The van der Waals surface area contributed by atoms with Gasteiger partial charge in [-0.05, 0) is 60.9 Å². The number of carboxylic acid groups (broad SMARTS) is 1. The van der Waals surface area contributed by atoms with E-state index in [-0.39, 0.29) is 12.2 Å². The molecule has 3 aromatic rings. The molecule has 3 nitrogen and oxygen atoms in total. The summed E-state index contributed by atoms with van der Waals surface area (Å²) in [6, 6.07) is 10.1. The van der Waals surface area contributed by atoms with Crippen LogP contribution < -0.4 is 0 Å². The zero-order valence-corrected chi connectivity index (χ0v) is 12.4. The molecule has 0 saturated carbocycles. The molecule has 0 aliphatic carbocycles. The van der Waals surface area contributed by atoms with Crippen molar-refractivity contribution < 1.29 is 14.3 Å². The molecule has 0 aliphatic rings. The Kier molecular flexibility index (Phi) is 3.45. The highest BCUT2D eigenvalue weighted by Crippen LogP contribution is 2.33. The Labute approximate surface area is 127 Å². The largest absolute Gasteiger partial charge is 0.481 e. The van der Waals surface area contributed by atoms with Gasteiger partial charge in [0.05, 0.1) is 12.1 Å². The third kappa shape index (κ3) is 2.48. The fourth-order valence-corrected chi connectivity index (χ4v) is 2.90. The molecule has 0 radical (unpaired) electrons. The molecular weight excluding hydrogens is 281 g/mol. The molecule has 1 heterocycles. The molecule has 0 saturated heterocycles. The molecular formula is C18H16FNO2. The number of carboxylic acids is 1. The van der Waals surface area contributed by atoms with E-state index in [1.807, 2.05) is 19.9 Å². The monoisotopic (exact) mass is 297 g/mol. The van der Waals surface area contributed by atoms with Gasteiger partial charge < -0.3 is 10.1 Å². The number of aromatic amines is 1. The summed E-state index contributed by atoms with van der Waals surface area (Å²) in [6.07, 6.45) is -0.0738. The smallest absolute Gasteiger partial charge is 0.307 e. The minimum absolute atomic E-state index is 0.0738. The molecule has 112 valence electrons. The second-order valence-electron chi connectivity index (χ2n) is 5.56. The van der Waals surface area contributed by atoms with E-state index in [9.17, 15) is 14.3 Å². The van der Waals surface area contributed by atoms with Gasteiger partial charge in [0, 0.05) is 10.9 Å². The fraction of sp³-hybridized carbons (Fsp3) is 0.167. The second kappa shape index (κ2) is 5.30. The first-order valence-electron chi connectivity index (χ1n) is 7.05. The number of nitrogens with one attached hydrogen (secondary N) is 1. The van der Waals surface area contributed by atoms with Crippen LogP contribution in [0.5, 0.6) is 0 Å². The van der Waals surface area contributed by atoms with Crippen molar-refractivity contribution in [1.29, 1.82) is 0 Å². The number of aryl methyl sites for hydroxylation is 2. The van der Waals surface area contributed by atoms with Gasteiger partial charge >= 0.3 is 5.97 Å². The van der Waals surface area contributed by atoms with Crippen molar-refractivity contribution in [2.24, 2.45) is 0 Å². The number of hydrogen-bond acceptors (Lipinski definition) is 1. The lowest BCUT2D eigenvalue weighted by molar-refractivity contribution is -0.136. The number of benzene rings is 2. The van der Waals surface area contributed by atoms with Crippen molar-refractivity contribution in [3.8, 4) is 11.3 Å². The summed E-state index contributed by atoms with van der Waals surface area (Å²) >= 11 is 0. The fourth-order valence-electron chi connectivity index (χ4n) is 2.90. The number of aromatic nitrogens is 1. The Bertz CT molecular complexity index is 863. The predicted octanol–water partition coefficient (Wildman–Crippen LogP) is 4.22. The Balaban J connectivity index is 2.30. The first kappa shape index (κ1) is 14.3. The van der Waals surface area contributed by atoms with Crippen molar-refractivity contribution in [2.75, 3.05) is 0 Å². The van der Waals surface area contributed by atoms with E-state index >= 15 is 0 Å². The highest BCUT2D eigenvalue weighted by atomic mass is 19.1. The summed E-state index contributed by atoms with van der Waals surface area (Å²) < 4.78 is 13.1. The third-order valence-corrected chi connectivity index (χ3v) is 3.82. The van der Waals surface area contributed by atoms with Crippen molar-refractivity contribution in [3.63, 3.8) is 0 Å². The van der Waals surface area contributed by atoms with Crippen LogP contribution in [0, 0.1) is 19.7 Å². The van der Waals surface area contributed by atoms with Crippen molar-refractivity contribution in [2.45, 2.75) is 20.3 Å². The van der Waals surface area contributed by atoms with Gasteiger partial charge in [-0.1, -0.05) is 11.6 Å².